The summed E-state index contributed by atoms with van der Waals surface area (Å²) in [5, 5.41) is 0. The molecule has 0 atom stereocenters. The molecule has 0 bridgehead atoms. The summed E-state index contributed by atoms with van der Waals surface area (Å²) in [5.74, 6) is 0. The van der Waals surface area contributed by atoms with Crippen LogP contribution in [0.3, 0.4) is 0 Å². The van der Waals surface area contributed by atoms with Gasteiger partial charge < -0.3 is 9.31 Å². The summed E-state index contributed by atoms with van der Waals surface area (Å²) in [4.78, 5) is 0. The van der Waals surface area contributed by atoms with E-state index in [2.05, 4.69) is 41.2 Å². The Kier molecular flexibility index (Phi) is 4.25. The smallest absolute Gasteiger partial charge is 0.403 e. The van der Waals surface area contributed by atoms with Gasteiger partial charge in [-0.1, -0.05) is 18.4 Å². The van der Waals surface area contributed by atoms with Gasteiger partial charge in [0.2, 0.25) is 0 Å². The third-order valence-electron chi connectivity index (χ3n) is 3.60. The first-order valence-corrected chi connectivity index (χ1v) is 6.25. The normalized spacial score (nSPS) is 22.4. The minimum atomic E-state index is -0.188. The summed E-state index contributed by atoms with van der Waals surface area (Å²) >= 11 is 0. The quantitative estimate of drug-likeness (QED) is 0.401. The number of hydrogen-bond acceptors (Lipinski definition) is 2. The van der Waals surface area contributed by atoms with Crippen molar-refractivity contribution in [1.82, 2.24) is 0 Å². The number of unbranched alkanes of at least 4 members (excludes halogenated alkanes) is 1. The zero-order valence-electron chi connectivity index (χ0n) is 11.4. The summed E-state index contributed by atoms with van der Waals surface area (Å²) in [6.45, 7) is 14.4. The monoisotopic (exact) mass is 224 g/mol. The average Bonchev–Trinajstić information content (AvgIpc) is 2.29. The van der Waals surface area contributed by atoms with Crippen LogP contribution in [0.25, 0.3) is 0 Å². The fraction of sp³-hybridized carbons (Fsp3) is 0.846. The molecule has 92 valence electrons. The molecule has 0 amide bonds. The fourth-order valence-electron chi connectivity index (χ4n) is 1.82. The zero-order valence-corrected chi connectivity index (χ0v) is 11.4. The molecule has 1 aliphatic heterocycles. The fourth-order valence-corrected chi connectivity index (χ4v) is 1.82. The zero-order chi connectivity index (χ0) is 12.4. The lowest BCUT2D eigenvalue weighted by atomic mass is 9.82. The van der Waals surface area contributed by atoms with Crippen LogP contribution in [-0.2, 0) is 9.31 Å². The molecule has 0 aliphatic carbocycles. The standard InChI is InChI=1S/C13H25BO2/c1-11(2)9-7-8-10-14-15-12(3,4)13(5,6)16-14/h1,7-10H2,2-6H3. The van der Waals surface area contributed by atoms with Crippen molar-refractivity contribution in [2.24, 2.45) is 0 Å². The number of allylic oxidation sites excluding steroid dienone is 1. The second-order valence-corrected chi connectivity index (χ2v) is 5.89. The van der Waals surface area contributed by atoms with Crippen LogP contribution in [0.4, 0.5) is 0 Å². The van der Waals surface area contributed by atoms with Gasteiger partial charge in [0.25, 0.3) is 0 Å². The van der Waals surface area contributed by atoms with Gasteiger partial charge in [0.15, 0.2) is 0 Å². The number of hydrogen-bond donors (Lipinski definition) is 0. The predicted molar refractivity (Wildman–Crippen MR) is 69.6 cm³/mol. The van der Waals surface area contributed by atoms with E-state index in [1.165, 1.54) is 12.0 Å². The Balaban J connectivity index is 2.29. The molecule has 0 aromatic heterocycles. The summed E-state index contributed by atoms with van der Waals surface area (Å²) in [7, 11) is -0.0323. The molecule has 2 nitrogen and oxygen atoms in total. The second-order valence-electron chi connectivity index (χ2n) is 5.89. The van der Waals surface area contributed by atoms with Gasteiger partial charge in [-0.3, -0.25) is 0 Å². The van der Waals surface area contributed by atoms with E-state index < -0.39 is 0 Å². The Morgan fingerprint density at radius 3 is 2.00 bits per heavy atom. The minimum Gasteiger partial charge on any atom is -0.403 e. The highest BCUT2D eigenvalue weighted by atomic mass is 16.7. The SMILES string of the molecule is C=C(C)CCCCB1OC(C)(C)C(C)(C)O1. The summed E-state index contributed by atoms with van der Waals surface area (Å²) < 4.78 is 11.9. The van der Waals surface area contributed by atoms with Crippen molar-refractivity contribution in [2.45, 2.75) is 71.4 Å². The molecule has 1 heterocycles. The van der Waals surface area contributed by atoms with E-state index in [0.717, 1.165) is 19.2 Å². The van der Waals surface area contributed by atoms with Gasteiger partial charge >= 0.3 is 7.12 Å². The topological polar surface area (TPSA) is 18.5 Å². The van der Waals surface area contributed by atoms with E-state index in [1.807, 2.05) is 0 Å². The molecule has 0 aromatic carbocycles. The van der Waals surface area contributed by atoms with Gasteiger partial charge in [0.05, 0.1) is 11.2 Å². The maximum absolute atomic E-state index is 5.93. The van der Waals surface area contributed by atoms with Crippen LogP contribution in [0.5, 0.6) is 0 Å². The van der Waals surface area contributed by atoms with Gasteiger partial charge in [-0.05, 0) is 47.4 Å². The van der Waals surface area contributed by atoms with Gasteiger partial charge in [-0.2, -0.15) is 0 Å². The molecule has 0 radical (unpaired) electrons. The van der Waals surface area contributed by atoms with E-state index in [0.29, 0.717) is 0 Å². The van der Waals surface area contributed by atoms with E-state index in [9.17, 15) is 0 Å². The van der Waals surface area contributed by atoms with Crippen LogP contribution in [0.2, 0.25) is 6.32 Å². The highest BCUT2D eigenvalue weighted by Crippen LogP contribution is 2.38. The van der Waals surface area contributed by atoms with Crippen molar-refractivity contribution in [1.29, 1.82) is 0 Å². The molecule has 0 unspecified atom stereocenters. The van der Waals surface area contributed by atoms with Gasteiger partial charge in [-0.15, -0.1) is 6.58 Å². The molecular formula is C13H25BO2. The average molecular weight is 224 g/mol. The van der Waals surface area contributed by atoms with E-state index >= 15 is 0 Å². The lowest BCUT2D eigenvalue weighted by molar-refractivity contribution is 0.00578. The molecule has 1 rings (SSSR count). The largest absolute Gasteiger partial charge is 0.457 e. The van der Waals surface area contributed by atoms with Crippen LogP contribution in [0, 0.1) is 0 Å². The van der Waals surface area contributed by atoms with Crippen LogP contribution < -0.4 is 0 Å². The third kappa shape index (κ3) is 3.36. The van der Waals surface area contributed by atoms with Crippen LogP contribution in [-0.4, -0.2) is 18.3 Å². The van der Waals surface area contributed by atoms with Crippen LogP contribution in [0.1, 0.15) is 53.9 Å². The molecular weight excluding hydrogens is 199 g/mol. The highest BCUT2D eigenvalue weighted by molar-refractivity contribution is 6.45. The summed E-state index contributed by atoms with van der Waals surface area (Å²) in [5.41, 5.74) is 0.881. The van der Waals surface area contributed by atoms with E-state index in [1.54, 1.807) is 0 Å². The van der Waals surface area contributed by atoms with Crippen molar-refractivity contribution in [3.8, 4) is 0 Å². The molecule has 0 N–H and O–H groups in total. The lowest BCUT2D eigenvalue weighted by Crippen LogP contribution is -2.41. The summed E-state index contributed by atoms with van der Waals surface area (Å²) in [6, 6.07) is 0. The maximum atomic E-state index is 5.93. The van der Waals surface area contributed by atoms with E-state index in [-0.39, 0.29) is 18.3 Å². The molecule has 1 aliphatic rings. The molecule has 3 heteroatoms. The Bertz CT molecular complexity index is 243. The first kappa shape index (κ1) is 13.8. The van der Waals surface area contributed by atoms with Crippen molar-refractivity contribution in [3.05, 3.63) is 12.2 Å². The molecule has 0 aromatic rings. The minimum absolute atomic E-state index is 0.0323. The molecule has 16 heavy (non-hydrogen) atoms. The molecule has 1 saturated heterocycles. The Morgan fingerprint density at radius 1 is 1.06 bits per heavy atom. The van der Waals surface area contributed by atoms with E-state index in [4.69, 9.17) is 9.31 Å². The molecule has 0 saturated carbocycles. The van der Waals surface area contributed by atoms with Crippen molar-refractivity contribution >= 4 is 7.12 Å². The maximum Gasteiger partial charge on any atom is 0.457 e. The van der Waals surface area contributed by atoms with Crippen LogP contribution >= 0.6 is 0 Å². The Hall–Kier alpha value is -0.275. The van der Waals surface area contributed by atoms with Crippen LogP contribution in [0.15, 0.2) is 12.2 Å². The lowest BCUT2D eigenvalue weighted by Gasteiger charge is -2.32. The first-order valence-electron chi connectivity index (χ1n) is 6.25. The second kappa shape index (κ2) is 4.93. The molecule has 1 fully saturated rings. The van der Waals surface area contributed by atoms with Gasteiger partial charge in [-0.25, -0.2) is 0 Å². The van der Waals surface area contributed by atoms with Crippen molar-refractivity contribution < 1.29 is 9.31 Å². The first-order chi connectivity index (χ1) is 7.24. The molecule has 0 spiro atoms. The summed E-state index contributed by atoms with van der Waals surface area (Å²) in [6.07, 6.45) is 4.42. The van der Waals surface area contributed by atoms with Crippen molar-refractivity contribution in [3.63, 3.8) is 0 Å². The Labute approximate surface area is 101 Å². The number of rotatable bonds is 5. The predicted octanol–water partition coefficient (Wildman–Crippen LogP) is 3.83. The highest BCUT2D eigenvalue weighted by Gasteiger charge is 2.50. The van der Waals surface area contributed by atoms with Gasteiger partial charge in [0.1, 0.15) is 0 Å². The third-order valence-corrected chi connectivity index (χ3v) is 3.60. The van der Waals surface area contributed by atoms with Gasteiger partial charge in [0, 0.05) is 0 Å². The Morgan fingerprint density at radius 2 is 1.56 bits per heavy atom. The van der Waals surface area contributed by atoms with Crippen molar-refractivity contribution in [2.75, 3.05) is 0 Å².